The molecular formula is C25H26FN7O. The molecule has 0 aliphatic carbocycles. The minimum atomic E-state index is -0.327. The van der Waals surface area contributed by atoms with Gasteiger partial charge in [-0.25, -0.2) is 9.37 Å². The molecule has 4 aromatic rings. The van der Waals surface area contributed by atoms with Crippen LogP contribution in [0.1, 0.15) is 16.1 Å². The molecule has 0 amide bonds. The molecule has 1 saturated heterocycles. The number of anilines is 1. The van der Waals surface area contributed by atoms with E-state index in [1.807, 2.05) is 43.6 Å². The van der Waals surface area contributed by atoms with Gasteiger partial charge in [0.2, 0.25) is 0 Å². The Morgan fingerprint density at radius 3 is 2.65 bits per heavy atom. The molecule has 5 rings (SSSR count). The van der Waals surface area contributed by atoms with Gasteiger partial charge in [0.25, 0.3) is 0 Å². The molecule has 4 heterocycles. The standard InChI is InChI=1S/C25H26FN7O/c1-31-17-23(29-30-31)18-2-3-20-16-28-22(13-21(20)12-18)15-24(34)19-4-6-27-25(14-19)33-10-8-32(7-5-26)9-11-33/h2-4,6,12-14,16-17H,5,7-11,15H2,1H3. The zero-order valence-corrected chi connectivity index (χ0v) is 19.1. The van der Waals surface area contributed by atoms with Crippen molar-refractivity contribution in [1.29, 1.82) is 0 Å². The molecule has 0 radical (unpaired) electrons. The third kappa shape index (κ3) is 4.79. The lowest BCUT2D eigenvalue weighted by atomic mass is 10.0. The Morgan fingerprint density at radius 2 is 1.88 bits per heavy atom. The summed E-state index contributed by atoms with van der Waals surface area (Å²) in [6.45, 7) is 3.27. The molecule has 0 saturated carbocycles. The number of Topliss-reactive ketones (excluding diaryl/α,β-unsaturated/α-hetero) is 1. The zero-order valence-electron chi connectivity index (χ0n) is 19.1. The number of pyridine rings is 2. The second-order valence-electron chi connectivity index (χ2n) is 8.54. The summed E-state index contributed by atoms with van der Waals surface area (Å²) in [5, 5.41) is 10.2. The van der Waals surface area contributed by atoms with Crippen molar-refractivity contribution in [3.63, 3.8) is 0 Å². The first-order chi connectivity index (χ1) is 16.6. The summed E-state index contributed by atoms with van der Waals surface area (Å²) < 4.78 is 14.3. The molecule has 9 heteroatoms. The molecule has 3 aromatic heterocycles. The number of benzene rings is 1. The number of nitrogens with zero attached hydrogens (tertiary/aromatic N) is 7. The summed E-state index contributed by atoms with van der Waals surface area (Å²) in [6, 6.07) is 11.6. The lowest BCUT2D eigenvalue weighted by molar-refractivity contribution is 0.0992. The van der Waals surface area contributed by atoms with Gasteiger partial charge in [-0.05, 0) is 29.7 Å². The molecule has 34 heavy (non-hydrogen) atoms. The number of ketones is 1. The van der Waals surface area contributed by atoms with E-state index < -0.39 is 0 Å². The van der Waals surface area contributed by atoms with Gasteiger partial charge < -0.3 is 4.90 Å². The maximum Gasteiger partial charge on any atom is 0.169 e. The second-order valence-corrected chi connectivity index (χ2v) is 8.54. The lowest BCUT2D eigenvalue weighted by Crippen LogP contribution is -2.47. The van der Waals surface area contributed by atoms with Gasteiger partial charge in [-0.2, -0.15) is 0 Å². The number of aryl methyl sites for hydroxylation is 1. The van der Waals surface area contributed by atoms with Crippen LogP contribution in [0.15, 0.2) is 55.0 Å². The van der Waals surface area contributed by atoms with Crippen LogP contribution < -0.4 is 4.90 Å². The largest absolute Gasteiger partial charge is 0.354 e. The monoisotopic (exact) mass is 459 g/mol. The summed E-state index contributed by atoms with van der Waals surface area (Å²) in [4.78, 5) is 26.3. The predicted molar refractivity (Wildman–Crippen MR) is 129 cm³/mol. The molecule has 0 unspecified atom stereocenters. The first kappa shape index (κ1) is 22.1. The van der Waals surface area contributed by atoms with E-state index >= 15 is 0 Å². The number of carbonyl (C=O) groups is 1. The molecule has 0 atom stereocenters. The highest BCUT2D eigenvalue weighted by atomic mass is 19.1. The van der Waals surface area contributed by atoms with Crippen molar-refractivity contribution in [2.45, 2.75) is 6.42 Å². The van der Waals surface area contributed by atoms with Crippen LogP contribution in [0.4, 0.5) is 10.2 Å². The van der Waals surface area contributed by atoms with Crippen LogP contribution in [-0.4, -0.2) is 75.0 Å². The van der Waals surface area contributed by atoms with Gasteiger partial charge in [-0.15, -0.1) is 5.10 Å². The van der Waals surface area contributed by atoms with Gasteiger partial charge in [0, 0.05) is 74.4 Å². The minimum absolute atomic E-state index is 0.00311. The summed E-state index contributed by atoms with van der Waals surface area (Å²) in [6.07, 6.45) is 5.55. The van der Waals surface area contributed by atoms with Crippen LogP contribution in [0.2, 0.25) is 0 Å². The number of halogens is 1. The smallest absolute Gasteiger partial charge is 0.169 e. The Bertz CT molecular complexity index is 1310. The third-order valence-electron chi connectivity index (χ3n) is 6.18. The number of alkyl halides is 1. The Labute approximate surface area is 197 Å². The van der Waals surface area contributed by atoms with E-state index in [0.29, 0.717) is 17.8 Å². The Hall–Kier alpha value is -3.72. The summed E-state index contributed by atoms with van der Waals surface area (Å²) >= 11 is 0. The van der Waals surface area contributed by atoms with Gasteiger partial charge in [0.15, 0.2) is 5.78 Å². The normalized spacial score (nSPS) is 14.6. The van der Waals surface area contributed by atoms with Crippen molar-refractivity contribution < 1.29 is 9.18 Å². The van der Waals surface area contributed by atoms with Crippen molar-refractivity contribution in [3.05, 3.63) is 66.2 Å². The molecule has 1 aliphatic heterocycles. The maximum atomic E-state index is 13.1. The van der Waals surface area contributed by atoms with Crippen molar-refractivity contribution in [2.24, 2.45) is 7.05 Å². The van der Waals surface area contributed by atoms with Gasteiger partial charge in [0.05, 0.1) is 12.6 Å². The maximum absolute atomic E-state index is 13.1. The van der Waals surface area contributed by atoms with Gasteiger partial charge in [0.1, 0.15) is 18.2 Å². The lowest BCUT2D eigenvalue weighted by Gasteiger charge is -2.35. The molecule has 174 valence electrons. The molecule has 0 spiro atoms. The highest BCUT2D eigenvalue weighted by molar-refractivity contribution is 5.98. The number of rotatable bonds is 7. The summed E-state index contributed by atoms with van der Waals surface area (Å²) in [5.41, 5.74) is 3.10. The number of hydrogen-bond acceptors (Lipinski definition) is 7. The first-order valence-corrected chi connectivity index (χ1v) is 11.4. The molecule has 1 fully saturated rings. The van der Waals surface area contributed by atoms with E-state index in [0.717, 1.165) is 54.0 Å². The Morgan fingerprint density at radius 1 is 1.03 bits per heavy atom. The second kappa shape index (κ2) is 9.64. The van der Waals surface area contributed by atoms with Crippen LogP contribution >= 0.6 is 0 Å². The fraction of sp³-hybridized carbons (Fsp3) is 0.320. The van der Waals surface area contributed by atoms with Crippen molar-refractivity contribution in [1.82, 2.24) is 29.9 Å². The molecule has 1 aromatic carbocycles. The average Bonchev–Trinajstić information content (AvgIpc) is 3.30. The van der Waals surface area contributed by atoms with Crippen molar-refractivity contribution in [2.75, 3.05) is 44.3 Å². The quantitative estimate of drug-likeness (QED) is 0.393. The molecule has 1 aliphatic rings. The van der Waals surface area contributed by atoms with Crippen LogP contribution in [0.5, 0.6) is 0 Å². The minimum Gasteiger partial charge on any atom is -0.354 e. The highest BCUT2D eigenvalue weighted by Crippen LogP contribution is 2.23. The van der Waals surface area contributed by atoms with Crippen molar-refractivity contribution in [3.8, 4) is 11.3 Å². The number of piperazine rings is 1. The number of fused-ring (bicyclic) bond motifs is 1. The molecule has 8 nitrogen and oxygen atoms in total. The summed E-state index contributed by atoms with van der Waals surface area (Å²) in [7, 11) is 1.84. The molecule has 0 bridgehead atoms. The highest BCUT2D eigenvalue weighted by Gasteiger charge is 2.19. The predicted octanol–water partition coefficient (Wildman–Crippen LogP) is 2.94. The van der Waals surface area contributed by atoms with E-state index in [1.54, 1.807) is 23.1 Å². The fourth-order valence-electron chi connectivity index (χ4n) is 4.27. The van der Waals surface area contributed by atoms with Crippen LogP contribution in [0.3, 0.4) is 0 Å². The third-order valence-corrected chi connectivity index (χ3v) is 6.18. The van der Waals surface area contributed by atoms with Crippen LogP contribution in [0.25, 0.3) is 22.0 Å². The van der Waals surface area contributed by atoms with Crippen LogP contribution in [-0.2, 0) is 13.5 Å². The van der Waals surface area contributed by atoms with Gasteiger partial charge in [-0.3, -0.25) is 19.4 Å². The van der Waals surface area contributed by atoms with Crippen LogP contribution in [0, 0.1) is 0 Å². The number of hydrogen-bond donors (Lipinski definition) is 0. The zero-order chi connectivity index (χ0) is 23.5. The van der Waals surface area contributed by atoms with Gasteiger partial charge >= 0.3 is 0 Å². The Kier molecular flexibility index (Phi) is 6.27. The topological polar surface area (TPSA) is 80.0 Å². The average molecular weight is 460 g/mol. The van der Waals surface area contributed by atoms with E-state index in [2.05, 4.69) is 30.1 Å². The van der Waals surface area contributed by atoms with Crippen molar-refractivity contribution >= 4 is 22.4 Å². The number of aromatic nitrogens is 5. The first-order valence-electron chi connectivity index (χ1n) is 11.4. The van der Waals surface area contributed by atoms with E-state index in [1.165, 1.54) is 0 Å². The van der Waals surface area contributed by atoms with E-state index in [4.69, 9.17) is 0 Å². The SMILES string of the molecule is Cn1cc(-c2ccc3cnc(CC(=O)c4ccnc(N5CCN(CCF)CC5)c4)cc3c2)nn1. The Balaban J connectivity index is 1.31. The number of carbonyl (C=O) groups excluding carboxylic acids is 1. The fourth-order valence-corrected chi connectivity index (χ4v) is 4.27. The molecule has 0 N–H and O–H groups in total. The molecular weight excluding hydrogens is 433 g/mol. The van der Waals surface area contributed by atoms with E-state index in [9.17, 15) is 9.18 Å². The summed E-state index contributed by atoms with van der Waals surface area (Å²) in [5.74, 6) is 0.780. The van der Waals surface area contributed by atoms with Gasteiger partial charge in [-0.1, -0.05) is 17.3 Å². The van der Waals surface area contributed by atoms with E-state index in [-0.39, 0.29) is 18.9 Å².